The van der Waals surface area contributed by atoms with Crippen molar-refractivity contribution in [2.24, 2.45) is 0 Å². The monoisotopic (exact) mass is 463 g/mol. The molecular formula is C26H33N5O3. The SMILES string of the molecule is CNC(=O)CCCN1CCc2ccc(-c3noc(-c4ccc(OC(C)C)c(N)c4)n3)cc2CC1. The van der Waals surface area contributed by atoms with Gasteiger partial charge in [-0.2, -0.15) is 4.98 Å². The maximum absolute atomic E-state index is 11.5. The highest BCUT2D eigenvalue weighted by Crippen LogP contribution is 2.30. The number of hydrogen-bond donors (Lipinski definition) is 2. The molecule has 3 aromatic rings. The van der Waals surface area contributed by atoms with Crippen molar-refractivity contribution in [1.82, 2.24) is 20.4 Å². The third kappa shape index (κ3) is 5.75. The summed E-state index contributed by atoms with van der Waals surface area (Å²) in [5, 5.41) is 6.90. The number of carbonyl (C=O) groups is 1. The fraction of sp³-hybridized carbons (Fsp3) is 0.423. The smallest absolute Gasteiger partial charge is 0.258 e. The summed E-state index contributed by atoms with van der Waals surface area (Å²) in [7, 11) is 1.68. The van der Waals surface area contributed by atoms with Crippen LogP contribution in [-0.4, -0.2) is 53.7 Å². The lowest BCUT2D eigenvalue weighted by Gasteiger charge is -2.19. The molecule has 2 aromatic carbocycles. The fourth-order valence-corrected chi connectivity index (χ4v) is 4.22. The van der Waals surface area contributed by atoms with Crippen molar-refractivity contribution >= 4 is 11.6 Å². The Balaban J connectivity index is 1.44. The third-order valence-electron chi connectivity index (χ3n) is 6.06. The second-order valence-corrected chi connectivity index (χ2v) is 8.94. The van der Waals surface area contributed by atoms with Crippen LogP contribution < -0.4 is 15.8 Å². The first-order valence-corrected chi connectivity index (χ1v) is 11.9. The van der Waals surface area contributed by atoms with Gasteiger partial charge in [-0.1, -0.05) is 17.3 Å². The Morgan fingerprint density at radius 1 is 1.15 bits per heavy atom. The molecule has 0 saturated carbocycles. The minimum atomic E-state index is 0.0472. The standard InChI is InChI=1S/C26H33N5O3/c1-17(2)33-23-9-8-21(16-22(23)27)26-29-25(30-34-26)20-7-6-18-10-13-31(14-11-19(18)15-20)12-4-5-24(32)28-3/h6-9,15-17H,4-5,10-14,27H2,1-3H3,(H,28,32). The van der Waals surface area contributed by atoms with E-state index in [1.165, 1.54) is 11.1 Å². The molecule has 0 spiro atoms. The topological polar surface area (TPSA) is 107 Å². The van der Waals surface area contributed by atoms with Crippen molar-refractivity contribution in [2.75, 3.05) is 32.4 Å². The van der Waals surface area contributed by atoms with Crippen molar-refractivity contribution in [3.63, 3.8) is 0 Å². The van der Waals surface area contributed by atoms with E-state index in [-0.39, 0.29) is 12.0 Å². The Labute approximate surface area is 200 Å². The van der Waals surface area contributed by atoms with Gasteiger partial charge in [0.25, 0.3) is 5.89 Å². The third-order valence-corrected chi connectivity index (χ3v) is 6.06. The number of ether oxygens (including phenoxy) is 1. The van der Waals surface area contributed by atoms with Crippen molar-refractivity contribution in [3.05, 3.63) is 47.5 Å². The molecule has 8 heteroatoms. The minimum Gasteiger partial charge on any atom is -0.489 e. The van der Waals surface area contributed by atoms with Gasteiger partial charge >= 0.3 is 0 Å². The highest BCUT2D eigenvalue weighted by Gasteiger charge is 2.17. The fourth-order valence-electron chi connectivity index (χ4n) is 4.22. The van der Waals surface area contributed by atoms with Gasteiger partial charge in [-0.25, -0.2) is 0 Å². The number of amides is 1. The van der Waals surface area contributed by atoms with E-state index in [2.05, 4.69) is 38.6 Å². The predicted octanol–water partition coefficient (Wildman–Crippen LogP) is 3.70. The second kappa shape index (κ2) is 10.7. The summed E-state index contributed by atoms with van der Waals surface area (Å²) in [6, 6.07) is 11.9. The zero-order valence-electron chi connectivity index (χ0n) is 20.1. The van der Waals surface area contributed by atoms with Crippen molar-refractivity contribution in [1.29, 1.82) is 0 Å². The van der Waals surface area contributed by atoms with E-state index in [9.17, 15) is 4.79 Å². The van der Waals surface area contributed by atoms with Gasteiger partial charge in [-0.05, 0) is 75.0 Å². The molecule has 0 bridgehead atoms. The van der Waals surface area contributed by atoms with Gasteiger partial charge in [0, 0.05) is 37.7 Å². The lowest BCUT2D eigenvalue weighted by Crippen LogP contribution is -2.28. The van der Waals surface area contributed by atoms with Gasteiger partial charge in [0.1, 0.15) is 5.75 Å². The van der Waals surface area contributed by atoms with E-state index < -0.39 is 0 Å². The molecular weight excluding hydrogens is 430 g/mol. The van der Waals surface area contributed by atoms with Gasteiger partial charge in [0.15, 0.2) is 0 Å². The largest absolute Gasteiger partial charge is 0.489 e. The maximum Gasteiger partial charge on any atom is 0.258 e. The van der Waals surface area contributed by atoms with Crippen LogP contribution in [0.1, 0.15) is 37.8 Å². The Bertz CT molecular complexity index is 1140. The van der Waals surface area contributed by atoms with E-state index in [4.69, 9.17) is 15.0 Å². The summed E-state index contributed by atoms with van der Waals surface area (Å²) in [4.78, 5) is 18.5. The molecule has 3 N–H and O–H groups in total. The van der Waals surface area contributed by atoms with Crippen LogP contribution in [-0.2, 0) is 17.6 Å². The zero-order chi connectivity index (χ0) is 24.1. The van der Waals surface area contributed by atoms with Crippen molar-refractivity contribution < 1.29 is 14.1 Å². The number of nitrogens with one attached hydrogen (secondary N) is 1. The number of rotatable bonds is 8. The van der Waals surface area contributed by atoms with Gasteiger partial charge in [-0.15, -0.1) is 0 Å². The average Bonchev–Trinajstić information content (AvgIpc) is 3.23. The number of nitrogen functional groups attached to an aromatic ring is 1. The van der Waals surface area contributed by atoms with Crippen molar-refractivity contribution in [2.45, 2.75) is 45.6 Å². The summed E-state index contributed by atoms with van der Waals surface area (Å²) in [5.74, 6) is 1.73. The molecule has 8 nitrogen and oxygen atoms in total. The van der Waals surface area contributed by atoms with Gasteiger partial charge < -0.3 is 25.2 Å². The highest BCUT2D eigenvalue weighted by molar-refractivity contribution is 5.75. The summed E-state index contributed by atoms with van der Waals surface area (Å²) < 4.78 is 11.2. The molecule has 0 fully saturated rings. The minimum absolute atomic E-state index is 0.0472. The summed E-state index contributed by atoms with van der Waals surface area (Å²) in [5.41, 5.74) is 11.0. The van der Waals surface area contributed by atoms with E-state index >= 15 is 0 Å². The van der Waals surface area contributed by atoms with Crippen LogP contribution in [0.25, 0.3) is 22.8 Å². The number of aromatic nitrogens is 2. The molecule has 1 amide bonds. The number of hydrogen-bond acceptors (Lipinski definition) is 7. The van der Waals surface area contributed by atoms with Crippen LogP contribution >= 0.6 is 0 Å². The Morgan fingerprint density at radius 2 is 1.91 bits per heavy atom. The van der Waals surface area contributed by atoms with E-state index in [0.717, 1.165) is 50.0 Å². The summed E-state index contributed by atoms with van der Waals surface area (Å²) in [6.45, 7) is 6.84. The molecule has 1 aliphatic heterocycles. The number of anilines is 1. The lowest BCUT2D eigenvalue weighted by atomic mass is 10.00. The Kier molecular flexibility index (Phi) is 7.47. The van der Waals surface area contributed by atoms with Crippen LogP contribution in [0.15, 0.2) is 40.9 Å². The number of carbonyl (C=O) groups excluding carboxylic acids is 1. The van der Waals surface area contributed by atoms with E-state index in [0.29, 0.717) is 29.6 Å². The number of fused-ring (bicyclic) bond motifs is 1. The first kappa shape index (κ1) is 23.8. The van der Waals surface area contributed by atoms with Crippen LogP contribution in [0.2, 0.25) is 0 Å². The van der Waals surface area contributed by atoms with Crippen molar-refractivity contribution in [3.8, 4) is 28.6 Å². The molecule has 180 valence electrons. The van der Waals surface area contributed by atoms with E-state index in [1.54, 1.807) is 13.1 Å². The van der Waals surface area contributed by atoms with Crippen LogP contribution in [0.3, 0.4) is 0 Å². The molecule has 0 unspecified atom stereocenters. The quantitative estimate of drug-likeness (QED) is 0.491. The Hall–Kier alpha value is -3.39. The van der Waals surface area contributed by atoms with Crippen LogP contribution in [0.5, 0.6) is 5.75 Å². The van der Waals surface area contributed by atoms with Crippen LogP contribution in [0, 0.1) is 0 Å². The predicted molar refractivity (Wildman–Crippen MR) is 132 cm³/mol. The van der Waals surface area contributed by atoms with Gasteiger partial charge in [0.05, 0.1) is 11.8 Å². The van der Waals surface area contributed by atoms with Gasteiger partial charge in [0.2, 0.25) is 11.7 Å². The Morgan fingerprint density at radius 3 is 2.65 bits per heavy atom. The normalized spacial score (nSPS) is 14.0. The first-order chi connectivity index (χ1) is 16.4. The molecule has 34 heavy (non-hydrogen) atoms. The lowest BCUT2D eigenvalue weighted by molar-refractivity contribution is -0.120. The highest BCUT2D eigenvalue weighted by atomic mass is 16.5. The molecule has 0 atom stereocenters. The molecule has 0 aliphatic carbocycles. The number of nitrogens with zero attached hydrogens (tertiary/aromatic N) is 3. The summed E-state index contributed by atoms with van der Waals surface area (Å²) in [6.07, 6.45) is 3.45. The van der Waals surface area contributed by atoms with Crippen LogP contribution in [0.4, 0.5) is 5.69 Å². The molecule has 2 heterocycles. The molecule has 1 aromatic heterocycles. The second-order valence-electron chi connectivity index (χ2n) is 8.94. The number of benzene rings is 2. The first-order valence-electron chi connectivity index (χ1n) is 11.9. The zero-order valence-corrected chi connectivity index (χ0v) is 20.1. The molecule has 1 aliphatic rings. The van der Waals surface area contributed by atoms with Gasteiger partial charge in [-0.3, -0.25) is 4.79 Å². The van der Waals surface area contributed by atoms with E-state index in [1.807, 2.05) is 26.0 Å². The summed E-state index contributed by atoms with van der Waals surface area (Å²) >= 11 is 0. The average molecular weight is 464 g/mol. The number of nitrogens with two attached hydrogens (primary N) is 1. The maximum atomic E-state index is 11.5. The molecule has 0 radical (unpaired) electrons. The molecule has 0 saturated heterocycles. The molecule has 4 rings (SSSR count).